The van der Waals surface area contributed by atoms with Gasteiger partial charge in [-0.2, -0.15) is 0 Å². The Bertz CT molecular complexity index is 685. The lowest BCUT2D eigenvalue weighted by Gasteiger charge is -2.22. The fraction of sp³-hybridized carbons (Fsp3) is 0.429. The average Bonchev–Trinajstić information content (AvgIpc) is 2.61. The summed E-state index contributed by atoms with van der Waals surface area (Å²) in [5, 5.41) is 12.9. The summed E-state index contributed by atoms with van der Waals surface area (Å²) < 4.78 is 11.3. The van der Waals surface area contributed by atoms with Crippen molar-refractivity contribution in [2.24, 2.45) is 0 Å². The van der Waals surface area contributed by atoms with Gasteiger partial charge in [-0.25, -0.2) is 0 Å². The minimum Gasteiger partial charge on any atom is -0.493 e. The Morgan fingerprint density at radius 3 is 2.20 bits per heavy atom. The highest BCUT2D eigenvalue weighted by Gasteiger charge is 2.14. The van der Waals surface area contributed by atoms with Gasteiger partial charge < -0.3 is 19.9 Å². The molecular formula is C21H29NO3. The van der Waals surface area contributed by atoms with Crippen LogP contribution in [-0.2, 0) is 6.61 Å². The zero-order valence-electron chi connectivity index (χ0n) is 15.7. The Hall–Kier alpha value is -2.04. The van der Waals surface area contributed by atoms with E-state index < -0.39 is 0 Å². The van der Waals surface area contributed by atoms with Crippen LogP contribution in [0.4, 0.5) is 0 Å². The standard InChI is InChI=1S/C21H29NO3/c1-14(2)25-20-10-9-19(12-21(20)24-5)16(4)22-15(3)18-8-6-7-17(11-18)13-23/h6-12,14-16,22-23H,13H2,1-5H3. The number of benzene rings is 2. The molecule has 0 bridgehead atoms. The second-order valence-corrected chi connectivity index (χ2v) is 6.59. The maximum atomic E-state index is 9.30. The zero-order valence-corrected chi connectivity index (χ0v) is 15.7. The van der Waals surface area contributed by atoms with E-state index in [1.165, 1.54) is 0 Å². The van der Waals surface area contributed by atoms with Crippen LogP contribution in [0.1, 0.15) is 56.5 Å². The molecule has 25 heavy (non-hydrogen) atoms. The lowest BCUT2D eigenvalue weighted by atomic mass is 10.0. The number of ether oxygens (including phenoxy) is 2. The first-order valence-corrected chi connectivity index (χ1v) is 8.75. The predicted molar refractivity (Wildman–Crippen MR) is 101 cm³/mol. The molecule has 0 amide bonds. The molecule has 136 valence electrons. The lowest BCUT2D eigenvalue weighted by molar-refractivity contribution is 0.230. The number of methoxy groups -OCH3 is 1. The summed E-state index contributed by atoms with van der Waals surface area (Å²) in [5.41, 5.74) is 3.22. The molecule has 0 radical (unpaired) electrons. The molecule has 0 aromatic heterocycles. The van der Waals surface area contributed by atoms with Crippen LogP contribution in [0.15, 0.2) is 42.5 Å². The number of rotatable bonds is 8. The molecule has 0 heterocycles. The van der Waals surface area contributed by atoms with Crippen molar-refractivity contribution in [2.75, 3.05) is 7.11 Å². The van der Waals surface area contributed by atoms with Crippen molar-refractivity contribution in [1.82, 2.24) is 5.32 Å². The number of nitrogens with one attached hydrogen (secondary N) is 1. The maximum Gasteiger partial charge on any atom is 0.161 e. The topological polar surface area (TPSA) is 50.7 Å². The molecule has 2 rings (SSSR count). The van der Waals surface area contributed by atoms with Crippen molar-refractivity contribution in [3.8, 4) is 11.5 Å². The van der Waals surface area contributed by atoms with Crippen LogP contribution in [0.5, 0.6) is 11.5 Å². The van der Waals surface area contributed by atoms with Gasteiger partial charge in [0.1, 0.15) is 0 Å². The molecule has 2 aromatic rings. The second-order valence-electron chi connectivity index (χ2n) is 6.59. The summed E-state index contributed by atoms with van der Waals surface area (Å²) in [7, 11) is 1.66. The first kappa shape index (κ1) is 19.3. The van der Waals surface area contributed by atoms with Crippen molar-refractivity contribution in [3.05, 3.63) is 59.2 Å². The molecule has 0 aliphatic heterocycles. The van der Waals surface area contributed by atoms with Gasteiger partial charge >= 0.3 is 0 Å². The van der Waals surface area contributed by atoms with Crippen LogP contribution in [0, 0.1) is 0 Å². The number of aliphatic hydroxyl groups is 1. The normalized spacial score (nSPS) is 13.6. The summed E-state index contributed by atoms with van der Waals surface area (Å²) in [4.78, 5) is 0. The van der Waals surface area contributed by atoms with E-state index in [2.05, 4.69) is 31.3 Å². The van der Waals surface area contributed by atoms with Gasteiger partial charge in [-0.3, -0.25) is 0 Å². The van der Waals surface area contributed by atoms with E-state index in [1.54, 1.807) is 7.11 Å². The lowest BCUT2D eigenvalue weighted by Crippen LogP contribution is -2.22. The monoisotopic (exact) mass is 343 g/mol. The van der Waals surface area contributed by atoms with Crippen LogP contribution in [0.25, 0.3) is 0 Å². The summed E-state index contributed by atoms with van der Waals surface area (Å²) in [6, 6.07) is 14.4. The first-order valence-electron chi connectivity index (χ1n) is 8.75. The third kappa shape index (κ3) is 5.21. The molecule has 2 atom stereocenters. The van der Waals surface area contributed by atoms with E-state index in [-0.39, 0.29) is 24.8 Å². The first-order chi connectivity index (χ1) is 11.9. The third-order valence-electron chi connectivity index (χ3n) is 4.18. The highest BCUT2D eigenvalue weighted by atomic mass is 16.5. The average molecular weight is 343 g/mol. The number of hydrogen-bond acceptors (Lipinski definition) is 4. The summed E-state index contributed by atoms with van der Waals surface area (Å²) in [5.74, 6) is 1.51. The van der Waals surface area contributed by atoms with E-state index in [4.69, 9.17) is 9.47 Å². The highest BCUT2D eigenvalue weighted by Crippen LogP contribution is 2.31. The van der Waals surface area contributed by atoms with Gasteiger partial charge in [-0.05, 0) is 56.5 Å². The van der Waals surface area contributed by atoms with Crippen molar-refractivity contribution < 1.29 is 14.6 Å². The van der Waals surface area contributed by atoms with Gasteiger partial charge in [-0.1, -0.05) is 30.3 Å². The third-order valence-corrected chi connectivity index (χ3v) is 4.18. The van der Waals surface area contributed by atoms with Crippen LogP contribution in [-0.4, -0.2) is 18.3 Å². The Kier molecular flexibility index (Phi) is 6.85. The Morgan fingerprint density at radius 2 is 1.60 bits per heavy atom. The molecule has 0 spiro atoms. The summed E-state index contributed by atoms with van der Waals surface area (Å²) in [6.07, 6.45) is 0.106. The van der Waals surface area contributed by atoms with Crippen molar-refractivity contribution >= 4 is 0 Å². The smallest absolute Gasteiger partial charge is 0.161 e. The fourth-order valence-corrected chi connectivity index (χ4v) is 2.83. The summed E-state index contributed by atoms with van der Waals surface area (Å²) >= 11 is 0. The molecule has 2 unspecified atom stereocenters. The van der Waals surface area contributed by atoms with E-state index in [9.17, 15) is 5.11 Å². The Morgan fingerprint density at radius 1 is 0.920 bits per heavy atom. The van der Waals surface area contributed by atoms with Gasteiger partial charge in [0.05, 0.1) is 19.8 Å². The minimum absolute atomic E-state index is 0.0601. The van der Waals surface area contributed by atoms with E-state index in [1.807, 2.05) is 44.2 Å². The molecule has 0 fully saturated rings. The van der Waals surface area contributed by atoms with E-state index in [0.29, 0.717) is 0 Å². The molecule has 2 aromatic carbocycles. The highest BCUT2D eigenvalue weighted by molar-refractivity contribution is 5.44. The molecule has 0 aliphatic rings. The van der Waals surface area contributed by atoms with Crippen LogP contribution < -0.4 is 14.8 Å². The SMILES string of the molecule is COc1cc(C(C)NC(C)c2cccc(CO)c2)ccc1OC(C)C. The van der Waals surface area contributed by atoms with Gasteiger partial charge in [-0.15, -0.1) is 0 Å². The van der Waals surface area contributed by atoms with Gasteiger partial charge in [0.25, 0.3) is 0 Å². The zero-order chi connectivity index (χ0) is 18.4. The fourth-order valence-electron chi connectivity index (χ4n) is 2.83. The largest absolute Gasteiger partial charge is 0.493 e. The minimum atomic E-state index is 0.0601. The number of hydrogen-bond donors (Lipinski definition) is 2. The molecule has 2 N–H and O–H groups in total. The van der Waals surface area contributed by atoms with Gasteiger partial charge in [0.2, 0.25) is 0 Å². The van der Waals surface area contributed by atoms with Crippen molar-refractivity contribution in [1.29, 1.82) is 0 Å². The molecular weight excluding hydrogens is 314 g/mol. The predicted octanol–water partition coefficient (Wildman–Crippen LogP) is 4.39. The van der Waals surface area contributed by atoms with E-state index >= 15 is 0 Å². The quantitative estimate of drug-likeness (QED) is 0.746. The van der Waals surface area contributed by atoms with E-state index in [0.717, 1.165) is 28.2 Å². The van der Waals surface area contributed by atoms with Crippen molar-refractivity contribution in [3.63, 3.8) is 0 Å². The Labute approximate surface area is 150 Å². The second kappa shape index (κ2) is 8.88. The Balaban J connectivity index is 2.12. The molecule has 4 heteroatoms. The molecule has 0 aliphatic carbocycles. The van der Waals surface area contributed by atoms with Gasteiger partial charge in [0, 0.05) is 12.1 Å². The number of aliphatic hydroxyl groups excluding tert-OH is 1. The van der Waals surface area contributed by atoms with Crippen LogP contribution in [0.3, 0.4) is 0 Å². The molecule has 0 saturated carbocycles. The van der Waals surface area contributed by atoms with Gasteiger partial charge in [0.15, 0.2) is 11.5 Å². The maximum absolute atomic E-state index is 9.30. The summed E-state index contributed by atoms with van der Waals surface area (Å²) in [6.45, 7) is 8.31. The van der Waals surface area contributed by atoms with Crippen LogP contribution in [0.2, 0.25) is 0 Å². The molecule has 0 saturated heterocycles. The van der Waals surface area contributed by atoms with Crippen LogP contribution >= 0.6 is 0 Å². The molecule has 4 nitrogen and oxygen atoms in total. The van der Waals surface area contributed by atoms with Crippen molar-refractivity contribution in [2.45, 2.75) is 52.5 Å².